The van der Waals surface area contributed by atoms with Crippen LogP contribution in [0.5, 0.6) is 0 Å². The maximum Gasteiger partial charge on any atom is 0.220 e. The van der Waals surface area contributed by atoms with Crippen LogP contribution in [-0.4, -0.2) is 73.5 Å². The van der Waals surface area contributed by atoms with Gasteiger partial charge in [-0.15, -0.1) is 0 Å². The van der Waals surface area contributed by atoms with Gasteiger partial charge in [0.15, 0.2) is 5.96 Å². The molecule has 160 valence electrons. The number of sulfonamides is 1. The van der Waals surface area contributed by atoms with Crippen LogP contribution < -0.4 is 5.32 Å². The second-order valence-corrected chi connectivity index (χ2v) is 9.19. The molecule has 1 aliphatic heterocycles. The monoisotopic (exact) mass is 430 g/mol. The smallest absolute Gasteiger partial charge is 0.220 e. The molecular formula is C20H26N6O3S. The van der Waals surface area contributed by atoms with Crippen LogP contribution in [-0.2, 0) is 22.2 Å². The quantitative estimate of drug-likeness (QED) is 0.453. The van der Waals surface area contributed by atoms with Crippen molar-refractivity contribution in [3.05, 3.63) is 54.0 Å². The number of nitrogens with zero attached hydrogens (tertiary/aromatic N) is 4. The Labute approximate surface area is 175 Å². The first-order valence-corrected chi connectivity index (χ1v) is 11.6. The van der Waals surface area contributed by atoms with E-state index in [0.717, 1.165) is 24.4 Å². The number of guanidine groups is 1. The number of benzene rings is 1. The number of piperazine rings is 1. The molecule has 0 radical (unpaired) electrons. The van der Waals surface area contributed by atoms with Crippen molar-refractivity contribution in [3.63, 3.8) is 0 Å². The molecule has 4 rings (SSSR count). The van der Waals surface area contributed by atoms with Crippen molar-refractivity contribution in [2.75, 3.05) is 39.8 Å². The Morgan fingerprint density at radius 1 is 1.23 bits per heavy atom. The van der Waals surface area contributed by atoms with Crippen molar-refractivity contribution in [1.82, 2.24) is 24.7 Å². The zero-order valence-electron chi connectivity index (χ0n) is 16.9. The van der Waals surface area contributed by atoms with Gasteiger partial charge >= 0.3 is 0 Å². The van der Waals surface area contributed by atoms with Gasteiger partial charge in [0.05, 0.1) is 5.69 Å². The largest absolute Gasteiger partial charge is 0.364 e. The molecule has 2 N–H and O–H groups in total. The number of fused-ring (bicyclic) bond motifs is 1. The minimum atomic E-state index is -3.41. The Bertz CT molecular complexity index is 1100. The normalized spacial score (nSPS) is 16.3. The summed E-state index contributed by atoms with van der Waals surface area (Å²) in [5.41, 5.74) is 2.82. The molecule has 10 heteroatoms. The van der Waals surface area contributed by atoms with Gasteiger partial charge in [-0.25, -0.2) is 8.42 Å². The fourth-order valence-electron chi connectivity index (χ4n) is 3.75. The molecule has 2 aromatic heterocycles. The Hall–Kier alpha value is -2.85. The Morgan fingerprint density at radius 3 is 2.77 bits per heavy atom. The molecule has 1 fully saturated rings. The third-order valence-electron chi connectivity index (χ3n) is 5.32. The fourth-order valence-corrected chi connectivity index (χ4v) is 5.17. The zero-order chi connectivity index (χ0) is 21.0. The highest BCUT2D eigenvalue weighted by molar-refractivity contribution is 7.88. The van der Waals surface area contributed by atoms with Crippen molar-refractivity contribution >= 4 is 26.9 Å². The lowest BCUT2D eigenvalue weighted by molar-refractivity contribution is 0.260. The fraction of sp³-hybridized carbons (Fsp3) is 0.400. The summed E-state index contributed by atoms with van der Waals surface area (Å²) in [7, 11) is -1.66. The van der Waals surface area contributed by atoms with Gasteiger partial charge in [-0.2, -0.15) is 4.31 Å². The van der Waals surface area contributed by atoms with Crippen LogP contribution in [0.15, 0.2) is 52.3 Å². The lowest BCUT2D eigenvalue weighted by Gasteiger charge is -2.35. The first kappa shape index (κ1) is 20.4. The number of aromatic amines is 1. The van der Waals surface area contributed by atoms with E-state index < -0.39 is 10.0 Å². The van der Waals surface area contributed by atoms with Gasteiger partial charge < -0.3 is 19.7 Å². The Balaban J connectivity index is 1.29. The Kier molecular flexibility index (Phi) is 6.05. The molecule has 0 spiro atoms. The SMILES string of the molecule is CN=C(NCCc1c[nH]c2ccccc12)N1CCN(S(=O)(=O)Cc2ccon2)CC1. The van der Waals surface area contributed by atoms with Crippen molar-refractivity contribution in [3.8, 4) is 0 Å². The molecule has 3 heterocycles. The number of rotatable bonds is 6. The van der Waals surface area contributed by atoms with Gasteiger partial charge in [0.1, 0.15) is 12.0 Å². The van der Waals surface area contributed by atoms with E-state index in [2.05, 4.69) is 37.5 Å². The molecule has 9 nitrogen and oxygen atoms in total. The summed E-state index contributed by atoms with van der Waals surface area (Å²) >= 11 is 0. The van der Waals surface area contributed by atoms with Gasteiger partial charge in [0.2, 0.25) is 10.0 Å². The summed E-state index contributed by atoms with van der Waals surface area (Å²) < 4.78 is 31.4. The van der Waals surface area contributed by atoms with Crippen LogP contribution in [0.1, 0.15) is 11.3 Å². The van der Waals surface area contributed by atoms with Gasteiger partial charge in [-0.3, -0.25) is 4.99 Å². The summed E-state index contributed by atoms with van der Waals surface area (Å²) in [5.74, 6) is 0.657. The van der Waals surface area contributed by atoms with Crippen molar-refractivity contribution < 1.29 is 12.9 Å². The van der Waals surface area contributed by atoms with E-state index in [9.17, 15) is 8.42 Å². The molecule has 30 heavy (non-hydrogen) atoms. The summed E-state index contributed by atoms with van der Waals surface area (Å²) in [6.07, 6.45) is 4.30. The summed E-state index contributed by atoms with van der Waals surface area (Å²) in [6.45, 7) is 2.77. The predicted octanol–water partition coefficient (Wildman–Crippen LogP) is 1.42. The van der Waals surface area contributed by atoms with Crippen LogP contribution in [0.3, 0.4) is 0 Å². The van der Waals surface area contributed by atoms with Crippen molar-refractivity contribution in [2.24, 2.45) is 4.99 Å². The third-order valence-corrected chi connectivity index (χ3v) is 7.13. The first-order chi connectivity index (χ1) is 14.6. The van der Waals surface area contributed by atoms with E-state index in [1.807, 2.05) is 18.3 Å². The van der Waals surface area contributed by atoms with E-state index in [1.54, 1.807) is 13.1 Å². The molecule has 1 aromatic carbocycles. The maximum absolute atomic E-state index is 12.6. The molecule has 3 aromatic rings. The number of aromatic nitrogens is 2. The molecule has 0 unspecified atom stereocenters. The van der Waals surface area contributed by atoms with E-state index >= 15 is 0 Å². The van der Waals surface area contributed by atoms with E-state index in [0.29, 0.717) is 31.9 Å². The van der Waals surface area contributed by atoms with Crippen molar-refractivity contribution in [2.45, 2.75) is 12.2 Å². The van der Waals surface area contributed by atoms with Gasteiger partial charge in [0.25, 0.3) is 0 Å². The minimum absolute atomic E-state index is 0.138. The number of nitrogens with one attached hydrogen (secondary N) is 2. The van der Waals surface area contributed by atoms with Gasteiger partial charge in [-0.1, -0.05) is 23.4 Å². The van der Waals surface area contributed by atoms with E-state index in [1.165, 1.54) is 21.5 Å². The zero-order valence-corrected chi connectivity index (χ0v) is 17.7. The number of H-pyrrole nitrogens is 1. The minimum Gasteiger partial charge on any atom is -0.364 e. The lowest BCUT2D eigenvalue weighted by atomic mass is 10.1. The first-order valence-electron chi connectivity index (χ1n) is 9.94. The number of hydrogen-bond acceptors (Lipinski definition) is 5. The summed E-state index contributed by atoms with van der Waals surface area (Å²) in [4.78, 5) is 9.77. The molecule has 1 aliphatic rings. The van der Waals surface area contributed by atoms with E-state index in [-0.39, 0.29) is 5.75 Å². The molecule has 0 atom stereocenters. The van der Waals surface area contributed by atoms with E-state index in [4.69, 9.17) is 4.52 Å². The number of para-hydroxylation sites is 1. The molecular weight excluding hydrogens is 404 g/mol. The highest BCUT2D eigenvalue weighted by Crippen LogP contribution is 2.18. The molecule has 0 saturated carbocycles. The predicted molar refractivity (Wildman–Crippen MR) is 116 cm³/mol. The van der Waals surface area contributed by atoms with Crippen molar-refractivity contribution in [1.29, 1.82) is 0 Å². The Morgan fingerprint density at radius 2 is 2.03 bits per heavy atom. The summed E-state index contributed by atoms with van der Waals surface area (Å²) in [5, 5.41) is 8.34. The van der Waals surface area contributed by atoms with Crippen LogP contribution in [0.25, 0.3) is 10.9 Å². The van der Waals surface area contributed by atoms with Crippen LogP contribution in [0.4, 0.5) is 0 Å². The highest BCUT2D eigenvalue weighted by atomic mass is 32.2. The van der Waals surface area contributed by atoms with Crippen LogP contribution in [0.2, 0.25) is 0 Å². The molecule has 0 amide bonds. The van der Waals surface area contributed by atoms with Crippen LogP contribution >= 0.6 is 0 Å². The second kappa shape index (κ2) is 8.88. The maximum atomic E-state index is 12.6. The van der Waals surface area contributed by atoms with Crippen LogP contribution in [0, 0.1) is 0 Å². The average Bonchev–Trinajstić information content (AvgIpc) is 3.41. The second-order valence-electron chi connectivity index (χ2n) is 7.22. The number of hydrogen-bond donors (Lipinski definition) is 2. The van der Waals surface area contributed by atoms with Gasteiger partial charge in [0, 0.05) is 62.9 Å². The number of aliphatic imine (C=N–C) groups is 1. The third kappa shape index (κ3) is 4.49. The highest BCUT2D eigenvalue weighted by Gasteiger charge is 2.28. The average molecular weight is 431 g/mol. The molecule has 0 aliphatic carbocycles. The lowest BCUT2D eigenvalue weighted by Crippen LogP contribution is -2.54. The topological polar surface area (TPSA) is 107 Å². The standard InChI is InChI=1S/C20H26N6O3S/c1-21-20(22-8-6-16-14-23-19-5-3-2-4-18(16)19)25-9-11-26(12-10-25)30(27,28)15-17-7-13-29-24-17/h2-5,7,13-14,23H,6,8-12,15H2,1H3,(H,21,22). The molecule has 1 saturated heterocycles. The molecule has 0 bridgehead atoms. The van der Waals surface area contributed by atoms with Gasteiger partial charge in [-0.05, 0) is 18.1 Å². The summed E-state index contributed by atoms with van der Waals surface area (Å²) in [6, 6.07) is 9.83.